The molecule has 0 saturated carbocycles. The SMILES string of the molecule is COc1cccc(-c2nc3cc(N=Cc4c(C)c(Cl)c(C)c([N+](=O)[O-])c4O)ccc3o2)c1. The minimum atomic E-state index is -0.658. The van der Waals surface area contributed by atoms with Crippen LogP contribution in [0.15, 0.2) is 51.9 Å². The maximum atomic E-state index is 11.4. The van der Waals surface area contributed by atoms with Gasteiger partial charge in [-0.1, -0.05) is 17.7 Å². The summed E-state index contributed by atoms with van der Waals surface area (Å²) in [6, 6.07) is 12.5. The Hall–Kier alpha value is -3.91. The van der Waals surface area contributed by atoms with Crippen LogP contribution in [0.2, 0.25) is 5.02 Å². The second kappa shape index (κ2) is 8.32. The van der Waals surface area contributed by atoms with Gasteiger partial charge in [0, 0.05) is 22.9 Å². The topological polar surface area (TPSA) is 111 Å². The van der Waals surface area contributed by atoms with Crippen molar-refractivity contribution in [3.63, 3.8) is 0 Å². The molecule has 3 aromatic carbocycles. The van der Waals surface area contributed by atoms with Gasteiger partial charge in [0.2, 0.25) is 11.6 Å². The molecule has 0 unspecified atom stereocenters. The average molecular weight is 452 g/mol. The number of aliphatic imine (C=N–C) groups is 1. The quantitative estimate of drug-likeness (QED) is 0.221. The van der Waals surface area contributed by atoms with Gasteiger partial charge in [0.05, 0.1) is 22.7 Å². The molecular formula is C23H18ClN3O5. The lowest BCUT2D eigenvalue weighted by Crippen LogP contribution is -1.99. The number of oxazole rings is 1. The average Bonchev–Trinajstić information content (AvgIpc) is 3.21. The van der Waals surface area contributed by atoms with Gasteiger partial charge in [-0.3, -0.25) is 15.1 Å². The zero-order valence-corrected chi connectivity index (χ0v) is 18.2. The molecule has 0 radical (unpaired) electrons. The predicted octanol–water partition coefficient (Wildman–Crippen LogP) is 6.14. The molecule has 0 spiro atoms. The molecule has 1 aromatic heterocycles. The third-order valence-corrected chi connectivity index (χ3v) is 5.68. The number of aromatic hydroxyl groups is 1. The van der Waals surface area contributed by atoms with Crippen LogP contribution in [-0.2, 0) is 0 Å². The van der Waals surface area contributed by atoms with Crippen LogP contribution in [0.5, 0.6) is 11.5 Å². The van der Waals surface area contributed by atoms with E-state index in [1.807, 2.05) is 24.3 Å². The Labute approximate surface area is 187 Å². The van der Waals surface area contributed by atoms with Crippen LogP contribution in [0.25, 0.3) is 22.6 Å². The molecule has 0 saturated heterocycles. The number of nitro groups is 1. The molecule has 0 aliphatic carbocycles. The molecule has 162 valence electrons. The number of aromatic nitrogens is 1. The fraction of sp³-hybridized carbons (Fsp3) is 0.130. The number of phenolic OH excluding ortho intramolecular Hbond substituents is 1. The van der Waals surface area contributed by atoms with Crippen LogP contribution in [0.1, 0.15) is 16.7 Å². The molecular weight excluding hydrogens is 434 g/mol. The Morgan fingerprint density at radius 2 is 2.00 bits per heavy atom. The van der Waals surface area contributed by atoms with E-state index in [9.17, 15) is 15.2 Å². The van der Waals surface area contributed by atoms with Crippen LogP contribution in [0.4, 0.5) is 11.4 Å². The van der Waals surface area contributed by atoms with Gasteiger partial charge in [0.15, 0.2) is 5.58 Å². The zero-order chi connectivity index (χ0) is 23.0. The molecule has 0 atom stereocenters. The highest BCUT2D eigenvalue weighted by atomic mass is 35.5. The van der Waals surface area contributed by atoms with Gasteiger partial charge < -0.3 is 14.3 Å². The Morgan fingerprint density at radius 3 is 2.72 bits per heavy atom. The van der Waals surface area contributed by atoms with Crippen LogP contribution in [0, 0.1) is 24.0 Å². The molecule has 0 aliphatic rings. The number of ether oxygens (including phenoxy) is 1. The molecule has 0 fully saturated rings. The third kappa shape index (κ3) is 3.76. The van der Waals surface area contributed by atoms with E-state index in [1.165, 1.54) is 13.1 Å². The van der Waals surface area contributed by atoms with Gasteiger partial charge in [-0.05, 0) is 55.8 Å². The van der Waals surface area contributed by atoms with Crippen LogP contribution < -0.4 is 4.74 Å². The van der Waals surface area contributed by atoms with Crippen LogP contribution >= 0.6 is 11.6 Å². The molecule has 0 amide bonds. The summed E-state index contributed by atoms with van der Waals surface area (Å²) < 4.78 is 11.1. The molecule has 1 heterocycles. The van der Waals surface area contributed by atoms with E-state index < -0.39 is 16.4 Å². The van der Waals surface area contributed by atoms with Crippen molar-refractivity contribution in [2.45, 2.75) is 13.8 Å². The summed E-state index contributed by atoms with van der Waals surface area (Å²) in [5, 5.41) is 22.0. The van der Waals surface area contributed by atoms with Gasteiger partial charge >= 0.3 is 5.69 Å². The number of hydrogen-bond donors (Lipinski definition) is 1. The first-order chi connectivity index (χ1) is 15.3. The number of phenols is 1. The summed E-state index contributed by atoms with van der Waals surface area (Å²) in [7, 11) is 1.59. The second-order valence-corrected chi connectivity index (χ2v) is 7.47. The van der Waals surface area contributed by atoms with Crippen molar-refractivity contribution in [1.29, 1.82) is 0 Å². The summed E-state index contributed by atoms with van der Waals surface area (Å²) in [6.45, 7) is 3.16. The van der Waals surface area contributed by atoms with E-state index in [2.05, 4.69) is 9.98 Å². The fourth-order valence-corrected chi connectivity index (χ4v) is 3.57. The highest BCUT2D eigenvalue weighted by molar-refractivity contribution is 6.33. The van der Waals surface area contributed by atoms with Gasteiger partial charge in [-0.2, -0.15) is 0 Å². The monoisotopic (exact) mass is 451 g/mol. The maximum Gasteiger partial charge on any atom is 0.315 e. The summed E-state index contributed by atoms with van der Waals surface area (Å²) in [6.07, 6.45) is 1.35. The molecule has 0 bridgehead atoms. The summed E-state index contributed by atoms with van der Waals surface area (Å²) >= 11 is 6.24. The van der Waals surface area contributed by atoms with Crippen molar-refractivity contribution in [3.05, 3.63) is 74.3 Å². The lowest BCUT2D eigenvalue weighted by atomic mass is 10.0. The molecule has 32 heavy (non-hydrogen) atoms. The van der Waals surface area contributed by atoms with E-state index in [4.69, 9.17) is 20.8 Å². The number of benzene rings is 3. The Kier molecular flexibility index (Phi) is 5.54. The standard InChI is InChI=1S/C23H18ClN3O5/c1-12-17(22(28)21(27(29)30)13(2)20(12)24)11-25-15-7-8-19-18(10-15)26-23(32-19)14-5-4-6-16(9-14)31-3/h4-11,28H,1-3H3. The molecule has 8 nitrogen and oxygen atoms in total. The number of halogens is 1. The van der Waals surface area contributed by atoms with Gasteiger partial charge in [0.1, 0.15) is 11.3 Å². The van der Waals surface area contributed by atoms with Crippen molar-refractivity contribution in [1.82, 2.24) is 4.98 Å². The largest absolute Gasteiger partial charge is 0.502 e. The minimum absolute atomic E-state index is 0.185. The Balaban J connectivity index is 1.72. The fourth-order valence-electron chi connectivity index (χ4n) is 3.38. The Morgan fingerprint density at radius 1 is 1.22 bits per heavy atom. The molecule has 0 aliphatic heterocycles. The van der Waals surface area contributed by atoms with Crippen LogP contribution in [-0.4, -0.2) is 28.3 Å². The van der Waals surface area contributed by atoms with E-state index in [1.54, 1.807) is 32.2 Å². The number of methoxy groups -OCH3 is 1. The number of hydrogen-bond acceptors (Lipinski definition) is 7. The zero-order valence-electron chi connectivity index (χ0n) is 17.4. The predicted molar refractivity (Wildman–Crippen MR) is 122 cm³/mol. The van der Waals surface area contributed by atoms with E-state index in [0.717, 1.165) is 5.56 Å². The number of fused-ring (bicyclic) bond motifs is 1. The minimum Gasteiger partial charge on any atom is -0.502 e. The Bertz CT molecular complexity index is 1390. The molecule has 4 aromatic rings. The number of nitrogens with zero attached hydrogens (tertiary/aromatic N) is 3. The van der Waals surface area contributed by atoms with E-state index in [-0.39, 0.29) is 16.1 Å². The number of nitro benzene ring substituents is 1. The summed E-state index contributed by atoms with van der Waals surface area (Å²) in [5.41, 5.74) is 2.92. The highest BCUT2D eigenvalue weighted by Crippen LogP contribution is 2.40. The van der Waals surface area contributed by atoms with Crippen molar-refractivity contribution >= 4 is 40.3 Å². The van der Waals surface area contributed by atoms with Crippen molar-refractivity contribution in [2.75, 3.05) is 7.11 Å². The molecule has 4 rings (SSSR count). The highest BCUT2D eigenvalue weighted by Gasteiger charge is 2.25. The lowest BCUT2D eigenvalue weighted by Gasteiger charge is -2.10. The first-order valence-corrected chi connectivity index (χ1v) is 9.93. The normalized spacial score (nSPS) is 11.4. The van der Waals surface area contributed by atoms with Crippen molar-refractivity contribution < 1.29 is 19.2 Å². The first-order valence-electron chi connectivity index (χ1n) is 9.55. The van der Waals surface area contributed by atoms with E-state index in [0.29, 0.717) is 34.0 Å². The first kappa shape index (κ1) is 21.3. The van der Waals surface area contributed by atoms with Crippen molar-refractivity contribution in [2.24, 2.45) is 4.99 Å². The van der Waals surface area contributed by atoms with Crippen LogP contribution in [0.3, 0.4) is 0 Å². The smallest absolute Gasteiger partial charge is 0.315 e. The summed E-state index contributed by atoms with van der Waals surface area (Å²) in [5.74, 6) is 0.659. The van der Waals surface area contributed by atoms with Crippen molar-refractivity contribution in [3.8, 4) is 23.0 Å². The van der Waals surface area contributed by atoms with E-state index >= 15 is 0 Å². The summed E-state index contributed by atoms with van der Waals surface area (Å²) in [4.78, 5) is 19.6. The molecule has 1 N–H and O–H groups in total. The molecule has 9 heteroatoms. The second-order valence-electron chi connectivity index (χ2n) is 7.09. The number of rotatable bonds is 5. The van der Waals surface area contributed by atoms with Gasteiger partial charge in [-0.15, -0.1) is 0 Å². The third-order valence-electron chi connectivity index (χ3n) is 5.11. The lowest BCUT2D eigenvalue weighted by molar-refractivity contribution is -0.386. The van der Waals surface area contributed by atoms with Gasteiger partial charge in [-0.25, -0.2) is 4.98 Å². The van der Waals surface area contributed by atoms with Gasteiger partial charge in [0.25, 0.3) is 0 Å². The maximum absolute atomic E-state index is 11.4.